The predicted molar refractivity (Wildman–Crippen MR) is 114 cm³/mol. The van der Waals surface area contributed by atoms with E-state index >= 15 is 0 Å². The molecular formula is C21H25ClN2O2S. The van der Waals surface area contributed by atoms with Crippen molar-refractivity contribution in [3.8, 4) is 0 Å². The maximum Gasteiger partial charge on any atom is 0.243 e. The van der Waals surface area contributed by atoms with Crippen LogP contribution in [0.25, 0.3) is 0 Å². The average molecular weight is 405 g/mol. The maximum atomic E-state index is 12.3. The van der Waals surface area contributed by atoms with Gasteiger partial charge in [0.25, 0.3) is 0 Å². The summed E-state index contributed by atoms with van der Waals surface area (Å²) in [7, 11) is 1.65. The Bertz CT molecular complexity index is 816. The summed E-state index contributed by atoms with van der Waals surface area (Å²) < 4.78 is 0. The van der Waals surface area contributed by atoms with E-state index in [0.717, 1.165) is 27.3 Å². The molecule has 2 aromatic rings. The molecule has 0 saturated carbocycles. The molecule has 144 valence electrons. The second kappa shape index (κ2) is 9.81. The van der Waals surface area contributed by atoms with Crippen LogP contribution in [0.1, 0.15) is 23.1 Å². The van der Waals surface area contributed by atoms with Crippen LogP contribution in [0.2, 0.25) is 5.02 Å². The molecule has 2 rings (SSSR count). The smallest absolute Gasteiger partial charge is 0.243 e. The van der Waals surface area contributed by atoms with Crippen LogP contribution in [0, 0.1) is 20.8 Å². The Morgan fingerprint density at radius 2 is 1.74 bits per heavy atom. The number of benzene rings is 2. The molecule has 0 atom stereocenters. The molecule has 0 fully saturated rings. The number of nitrogens with zero attached hydrogens (tertiary/aromatic N) is 1. The summed E-state index contributed by atoms with van der Waals surface area (Å²) in [6.45, 7) is 5.99. The second-order valence-corrected chi connectivity index (χ2v) is 8.14. The molecule has 0 aliphatic rings. The lowest BCUT2D eigenvalue weighted by Gasteiger charge is -2.18. The van der Waals surface area contributed by atoms with Crippen LogP contribution < -0.4 is 5.32 Å². The van der Waals surface area contributed by atoms with Crippen molar-refractivity contribution in [3.63, 3.8) is 0 Å². The Morgan fingerprint density at radius 1 is 1.11 bits per heavy atom. The molecule has 0 aliphatic carbocycles. The lowest BCUT2D eigenvalue weighted by atomic mass is 10.1. The fourth-order valence-corrected chi connectivity index (χ4v) is 4.04. The van der Waals surface area contributed by atoms with Crippen LogP contribution in [0.3, 0.4) is 0 Å². The third-order valence-electron chi connectivity index (χ3n) is 4.16. The van der Waals surface area contributed by atoms with Gasteiger partial charge in [-0.15, -0.1) is 11.8 Å². The van der Waals surface area contributed by atoms with Crippen molar-refractivity contribution < 1.29 is 9.59 Å². The monoisotopic (exact) mass is 404 g/mol. The third-order valence-corrected chi connectivity index (χ3v) is 5.68. The van der Waals surface area contributed by atoms with Crippen molar-refractivity contribution >= 4 is 40.9 Å². The highest BCUT2D eigenvalue weighted by atomic mass is 35.5. The number of anilines is 1. The number of hydrogen-bond acceptors (Lipinski definition) is 3. The maximum absolute atomic E-state index is 12.3. The average Bonchev–Trinajstić information content (AvgIpc) is 2.59. The van der Waals surface area contributed by atoms with Gasteiger partial charge < -0.3 is 10.2 Å². The van der Waals surface area contributed by atoms with Crippen LogP contribution in [0.15, 0.2) is 41.3 Å². The second-order valence-electron chi connectivity index (χ2n) is 6.60. The summed E-state index contributed by atoms with van der Waals surface area (Å²) in [6, 6.07) is 11.6. The van der Waals surface area contributed by atoms with Gasteiger partial charge in [0, 0.05) is 29.8 Å². The first kappa shape index (κ1) is 21.3. The minimum Gasteiger partial charge on any atom is -0.336 e. The molecule has 6 heteroatoms. The third kappa shape index (κ3) is 6.29. The number of halogens is 1. The summed E-state index contributed by atoms with van der Waals surface area (Å²) in [5.74, 6) is 0.353. The van der Waals surface area contributed by atoms with Gasteiger partial charge in [0.15, 0.2) is 0 Å². The van der Waals surface area contributed by atoms with Crippen LogP contribution >= 0.6 is 23.4 Å². The van der Waals surface area contributed by atoms with E-state index in [0.29, 0.717) is 17.2 Å². The number of rotatable bonds is 7. The Kier molecular flexibility index (Phi) is 7.75. The lowest BCUT2D eigenvalue weighted by Crippen LogP contribution is -2.35. The zero-order valence-corrected chi connectivity index (χ0v) is 17.7. The van der Waals surface area contributed by atoms with Gasteiger partial charge in [-0.05, 0) is 44.0 Å². The Labute approximate surface area is 170 Å². The number of aryl methyl sites for hydroxylation is 3. The topological polar surface area (TPSA) is 49.4 Å². The zero-order valence-electron chi connectivity index (χ0n) is 16.1. The van der Waals surface area contributed by atoms with Crippen molar-refractivity contribution in [3.05, 3.63) is 58.1 Å². The van der Waals surface area contributed by atoms with E-state index in [-0.39, 0.29) is 18.4 Å². The first-order chi connectivity index (χ1) is 12.8. The van der Waals surface area contributed by atoms with Crippen molar-refractivity contribution in [1.29, 1.82) is 0 Å². The summed E-state index contributed by atoms with van der Waals surface area (Å²) in [4.78, 5) is 27.0. The van der Waals surface area contributed by atoms with Crippen molar-refractivity contribution in [2.75, 3.05) is 24.7 Å². The molecule has 4 nitrogen and oxygen atoms in total. The van der Waals surface area contributed by atoms with E-state index in [1.54, 1.807) is 7.05 Å². The molecule has 0 unspecified atom stereocenters. The SMILES string of the molecule is Cc1cc(C)c(NC(=O)CN(C)C(=O)CCSc2ccccc2Cl)c(C)c1. The van der Waals surface area contributed by atoms with E-state index < -0.39 is 0 Å². The van der Waals surface area contributed by atoms with Crippen molar-refractivity contribution in [1.82, 2.24) is 4.90 Å². The summed E-state index contributed by atoms with van der Waals surface area (Å²) in [5, 5.41) is 3.61. The number of thioether (sulfide) groups is 1. The Balaban J connectivity index is 1.83. The van der Waals surface area contributed by atoms with E-state index in [4.69, 9.17) is 11.6 Å². The largest absolute Gasteiger partial charge is 0.336 e. The minimum atomic E-state index is -0.195. The molecule has 0 saturated heterocycles. The number of hydrogen-bond donors (Lipinski definition) is 1. The standard InChI is InChI=1S/C21H25ClN2O2S/c1-14-11-15(2)21(16(3)12-14)23-19(25)13-24(4)20(26)9-10-27-18-8-6-5-7-17(18)22/h5-8,11-12H,9-10,13H2,1-4H3,(H,23,25). The first-order valence-electron chi connectivity index (χ1n) is 8.77. The quantitative estimate of drug-likeness (QED) is 0.671. The molecule has 2 amide bonds. The predicted octanol–water partition coefficient (Wildman–Crippen LogP) is 4.84. The molecule has 0 bridgehead atoms. The summed E-state index contributed by atoms with van der Waals surface area (Å²) >= 11 is 7.65. The summed E-state index contributed by atoms with van der Waals surface area (Å²) in [5.41, 5.74) is 4.02. The molecular weight excluding hydrogens is 380 g/mol. The van der Waals surface area contributed by atoms with Gasteiger partial charge in [0.1, 0.15) is 0 Å². The molecule has 1 N–H and O–H groups in total. The van der Waals surface area contributed by atoms with E-state index in [2.05, 4.69) is 5.32 Å². The lowest BCUT2D eigenvalue weighted by molar-refractivity contribution is -0.132. The molecule has 0 heterocycles. The minimum absolute atomic E-state index is 0.0301. The fraction of sp³-hybridized carbons (Fsp3) is 0.333. The van der Waals surface area contributed by atoms with Crippen molar-refractivity contribution in [2.45, 2.75) is 32.1 Å². The number of amides is 2. The molecule has 27 heavy (non-hydrogen) atoms. The van der Waals surface area contributed by atoms with Crippen molar-refractivity contribution in [2.24, 2.45) is 0 Å². The molecule has 0 aliphatic heterocycles. The highest BCUT2D eigenvalue weighted by molar-refractivity contribution is 7.99. The Hall–Kier alpha value is -1.98. The Morgan fingerprint density at radius 3 is 2.37 bits per heavy atom. The van der Waals surface area contributed by atoms with Gasteiger partial charge in [-0.3, -0.25) is 9.59 Å². The number of nitrogens with one attached hydrogen (secondary N) is 1. The van der Waals surface area contributed by atoms with Gasteiger partial charge in [-0.1, -0.05) is 41.4 Å². The molecule has 0 spiro atoms. The van der Waals surface area contributed by atoms with E-state index in [9.17, 15) is 9.59 Å². The molecule has 0 radical (unpaired) electrons. The number of carbonyl (C=O) groups is 2. The van der Waals surface area contributed by atoms with Gasteiger partial charge >= 0.3 is 0 Å². The van der Waals surface area contributed by atoms with Gasteiger partial charge in [-0.2, -0.15) is 0 Å². The van der Waals surface area contributed by atoms with Gasteiger partial charge in [0.05, 0.1) is 11.6 Å². The van der Waals surface area contributed by atoms with Crippen LogP contribution in [-0.4, -0.2) is 36.1 Å². The van der Waals surface area contributed by atoms with E-state index in [1.165, 1.54) is 16.7 Å². The van der Waals surface area contributed by atoms with E-state index in [1.807, 2.05) is 57.2 Å². The molecule has 2 aromatic carbocycles. The van der Waals surface area contributed by atoms with Gasteiger partial charge in [0.2, 0.25) is 11.8 Å². The number of likely N-dealkylation sites (N-methyl/N-ethyl adjacent to an activating group) is 1. The zero-order chi connectivity index (χ0) is 20.0. The molecule has 0 aromatic heterocycles. The van der Waals surface area contributed by atoms with Gasteiger partial charge in [-0.25, -0.2) is 0 Å². The first-order valence-corrected chi connectivity index (χ1v) is 10.1. The normalized spacial score (nSPS) is 10.6. The summed E-state index contributed by atoms with van der Waals surface area (Å²) in [6.07, 6.45) is 0.349. The van der Waals surface area contributed by atoms with Crippen LogP contribution in [0.5, 0.6) is 0 Å². The van der Waals surface area contributed by atoms with Crippen LogP contribution in [0.4, 0.5) is 5.69 Å². The highest BCUT2D eigenvalue weighted by Crippen LogP contribution is 2.27. The fourth-order valence-electron chi connectivity index (χ4n) is 2.86. The highest BCUT2D eigenvalue weighted by Gasteiger charge is 2.15. The number of carbonyl (C=O) groups excluding carboxylic acids is 2. The van der Waals surface area contributed by atoms with Crippen LogP contribution in [-0.2, 0) is 9.59 Å².